The van der Waals surface area contributed by atoms with E-state index >= 15 is 0 Å². The molecule has 3 aromatic rings. The molecule has 1 saturated heterocycles. The quantitative estimate of drug-likeness (QED) is 0.728. The van der Waals surface area contributed by atoms with Crippen LogP contribution in [0.25, 0.3) is 5.69 Å². The third kappa shape index (κ3) is 3.38. The average molecular weight is 372 g/mol. The minimum atomic E-state index is -0.533. The van der Waals surface area contributed by atoms with Crippen molar-refractivity contribution in [3.05, 3.63) is 54.1 Å². The molecule has 1 aromatic carbocycles. The summed E-state index contributed by atoms with van der Waals surface area (Å²) in [5.74, 6) is -0.516. The van der Waals surface area contributed by atoms with Gasteiger partial charge in [-0.2, -0.15) is 0 Å². The maximum atomic E-state index is 14.6. The first kappa shape index (κ1) is 17.2. The Labute approximate surface area is 153 Å². The summed E-state index contributed by atoms with van der Waals surface area (Å²) >= 11 is 0. The van der Waals surface area contributed by atoms with Crippen molar-refractivity contribution in [2.75, 3.05) is 11.4 Å². The van der Waals surface area contributed by atoms with Crippen LogP contribution in [0.1, 0.15) is 11.4 Å². The topological polar surface area (TPSA) is 98.3 Å². The number of nitrogens with zero attached hydrogens (tertiary/aromatic N) is 6. The van der Waals surface area contributed by atoms with Crippen LogP contribution in [0.3, 0.4) is 0 Å². The molecule has 1 N–H and O–H groups in total. The van der Waals surface area contributed by atoms with E-state index in [1.165, 1.54) is 21.9 Å². The van der Waals surface area contributed by atoms with Crippen molar-refractivity contribution in [1.82, 2.24) is 24.5 Å². The molecular weight excluding hydrogens is 355 g/mol. The number of carbonyl (C=O) groups excluding carboxylic acids is 1. The van der Waals surface area contributed by atoms with Crippen LogP contribution < -0.4 is 4.90 Å². The molecule has 4 rings (SSSR count). The lowest BCUT2D eigenvalue weighted by atomic mass is 10.2. The molecule has 1 aliphatic rings. The van der Waals surface area contributed by atoms with Gasteiger partial charge in [0.1, 0.15) is 11.9 Å². The standard InChI is InChI=1S/C17H17FN6O3/c1-11-5-23(21-20-11)7-14-8-24(17(26)27-14)13-2-3-16(15(18)4-13)22-6-12(9-25)19-10-22/h2-6,10,14,25H,7-9H2,1H3/t14-/m0/s1. The van der Waals surface area contributed by atoms with Gasteiger partial charge in [-0.05, 0) is 25.1 Å². The van der Waals surface area contributed by atoms with Crippen molar-refractivity contribution >= 4 is 11.8 Å². The normalized spacial score (nSPS) is 16.8. The number of halogens is 1. The van der Waals surface area contributed by atoms with Crippen LogP contribution in [0.15, 0.2) is 36.9 Å². The summed E-state index contributed by atoms with van der Waals surface area (Å²) in [6.45, 7) is 2.27. The van der Waals surface area contributed by atoms with E-state index in [-0.39, 0.29) is 18.8 Å². The van der Waals surface area contributed by atoms with E-state index in [1.807, 2.05) is 6.92 Å². The first-order valence-electron chi connectivity index (χ1n) is 8.32. The molecule has 0 radical (unpaired) electrons. The molecule has 0 bridgehead atoms. The Kier molecular flexibility index (Phi) is 4.32. The monoisotopic (exact) mass is 372 g/mol. The van der Waals surface area contributed by atoms with Crippen LogP contribution in [-0.2, 0) is 17.9 Å². The molecule has 1 aliphatic heterocycles. The number of aliphatic hydroxyl groups excluding tert-OH is 1. The fraction of sp³-hybridized carbons (Fsp3) is 0.294. The molecule has 27 heavy (non-hydrogen) atoms. The van der Waals surface area contributed by atoms with Gasteiger partial charge >= 0.3 is 6.09 Å². The summed E-state index contributed by atoms with van der Waals surface area (Å²) in [4.78, 5) is 17.5. The van der Waals surface area contributed by atoms with Gasteiger partial charge in [0.2, 0.25) is 0 Å². The second kappa shape index (κ2) is 6.80. The van der Waals surface area contributed by atoms with E-state index in [0.29, 0.717) is 17.9 Å². The number of ether oxygens (including phenoxy) is 1. The molecule has 0 unspecified atom stereocenters. The Bertz CT molecular complexity index is 985. The number of aliphatic hydroxyl groups is 1. The number of amides is 1. The highest BCUT2D eigenvalue weighted by atomic mass is 19.1. The number of hydrogen-bond donors (Lipinski definition) is 1. The molecule has 0 aliphatic carbocycles. The molecule has 10 heteroatoms. The molecule has 1 fully saturated rings. The molecule has 1 atom stereocenters. The second-order valence-corrected chi connectivity index (χ2v) is 6.26. The Morgan fingerprint density at radius 2 is 2.22 bits per heavy atom. The third-order valence-electron chi connectivity index (χ3n) is 4.24. The van der Waals surface area contributed by atoms with Crippen LogP contribution in [0.4, 0.5) is 14.9 Å². The van der Waals surface area contributed by atoms with E-state index < -0.39 is 18.0 Å². The minimum Gasteiger partial charge on any atom is -0.442 e. The van der Waals surface area contributed by atoms with Gasteiger partial charge in [-0.15, -0.1) is 5.10 Å². The van der Waals surface area contributed by atoms with Gasteiger partial charge in [0.15, 0.2) is 0 Å². The number of cyclic esters (lactones) is 1. The van der Waals surface area contributed by atoms with Crippen LogP contribution >= 0.6 is 0 Å². The van der Waals surface area contributed by atoms with Crippen molar-refractivity contribution in [2.45, 2.75) is 26.2 Å². The van der Waals surface area contributed by atoms with Crippen LogP contribution in [0, 0.1) is 12.7 Å². The van der Waals surface area contributed by atoms with Gasteiger partial charge < -0.3 is 14.4 Å². The van der Waals surface area contributed by atoms with Gasteiger partial charge in [-0.3, -0.25) is 4.90 Å². The second-order valence-electron chi connectivity index (χ2n) is 6.26. The summed E-state index contributed by atoms with van der Waals surface area (Å²) in [5.41, 5.74) is 1.89. The highest BCUT2D eigenvalue weighted by Gasteiger charge is 2.33. The summed E-state index contributed by atoms with van der Waals surface area (Å²) < 4.78 is 23.0. The van der Waals surface area contributed by atoms with Crippen LogP contribution in [0.2, 0.25) is 0 Å². The zero-order chi connectivity index (χ0) is 19.0. The van der Waals surface area contributed by atoms with Crippen molar-refractivity contribution in [3.63, 3.8) is 0 Å². The fourth-order valence-corrected chi connectivity index (χ4v) is 2.97. The summed E-state index contributed by atoms with van der Waals surface area (Å²) in [7, 11) is 0. The zero-order valence-electron chi connectivity index (χ0n) is 14.5. The van der Waals surface area contributed by atoms with Crippen LogP contribution in [-0.4, -0.2) is 48.4 Å². The van der Waals surface area contributed by atoms with Crippen molar-refractivity contribution in [2.24, 2.45) is 0 Å². The Morgan fingerprint density at radius 1 is 1.37 bits per heavy atom. The van der Waals surface area contributed by atoms with E-state index in [1.54, 1.807) is 29.2 Å². The first-order chi connectivity index (χ1) is 13.0. The van der Waals surface area contributed by atoms with E-state index in [0.717, 1.165) is 5.69 Å². The van der Waals surface area contributed by atoms with E-state index in [2.05, 4.69) is 15.3 Å². The fourth-order valence-electron chi connectivity index (χ4n) is 2.97. The molecule has 0 spiro atoms. The van der Waals surface area contributed by atoms with Crippen molar-refractivity contribution < 1.29 is 19.0 Å². The molecule has 2 aromatic heterocycles. The number of imidazole rings is 1. The Hall–Kier alpha value is -3.27. The maximum Gasteiger partial charge on any atom is 0.414 e. The lowest BCUT2D eigenvalue weighted by Gasteiger charge is -2.14. The zero-order valence-corrected chi connectivity index (χ0v) is 14.5. The number of hydrogen-bond acceptors (Lipinski definition) is 6. The van der Waals surface area contributed by atoms with Crippen LogP contribution in [0.5, 0.6) is 0 Å². The number of aryl methyl sites for hydroxylation is 1. The number of carbonyl (C=O) groups is 1. The number of aromatic nitrogens is 5. The first-order valence-corrected chi connectivity index (χ1v) is 8.32. The summed E-state index contributed by atoms with van der Waals surface area (Å²) in [6, 6.07) is 4.46. The van der Waals surface area contributed by atoms with E-state index in [9.17, 15) is 9.18 Å². The molecule has 0 saturated carbocycles. The lowest BCUT2D eigenvalue weighted by Crippen LogP contribution is -2.26. The minimum absolute atomic E-state index is 0.223. The molecule has 1 amide bonds. The molecule has 9 nitrogen and oxygen atoms in total. The highest BCUT2D eigenvalue weighted by molar-refractivity contribution is 5.89. The SMILES string of the molecule is Cc1cn(C[C@H]2CN(c3ccc(-n4cnc(CO)c4)c(F)c3)C(=O)O2)nn1. The van der Waals surface area contributed by atoms with Crippen molar-refractivity contribution in [1.29, 1.82) is 0 Å². The third-order valence-corrected chi connectivity index (χ3v) is 4.24. The van der Waals surface area contributed by atoms with Gasteiger partial charge in [0, 0.05) is 12.4 Å². The molecule has 140 valence electrons. The predicted molar refractivity (Wildman–Crippen MR) is 91.8 cm³/mol. The highest BCUT2D eigenvalue weighted by Crippen LogP contribution is 2.26. The summed E-state index contributed by atoms with van der Waals surface area (Å²) in [5, 5.41) is 16.9. The lowest BCUT2D eigenvalue weighted by molar-refractivity contribution is 0.129. The smallest absolute Gasteiger partial charge is 0.414 e. The number of anilines is 1. The van der Waals surface area contributed by atoms with Gasteiger partial charge in [0.05, 0.1) is 48.8 Å². The average Bonchev–Trinajstić information content (AvgIpc) is 3.35. The number of rotatable bonds is 5. The molecule has 3 heterocycles. The number of benzene rings is 1. The van der Waals surface area contributed by atoms with Gasteiger partial charge in [-0.1, -0.05) is 5.21 Å². The maximum absolute atomic E-state index is 14.6. The van der Waals surface area contributed by atoms with Gasteiger partial charge in [0.25, 0.3) is 0 Å². The largest absolute Gasteiger partial charge is 0.442 e. The Morgan fingerprint density at radius 3 is 2.89 bits per heavy atom. The van der Waals surface area contributed by atoms with Gasteiger partial charge in [-0.25, -0.2) is 18.9 Å². The summed E-state index contributed by atoms with van der Waals surface area (Å²) in [6.07, 6.45) is 3.79. The predicted octanol–water partition coefficient (Wildman–Crippen LogP) is 1.43. The Balaban J connectivity index is 1.51. The molecular formula is C17H17FN6O3. The van der Waals surface area contributed by atoms with E-state index in [4.69, 9.17) is 9.84 Å². The van der Waals surface area contributed by atoms with Crippen molar-refractivity contribution in [3.8, 4) is 5.69 Å².